The third-order valence-corrected chi connectivity index (χ3v) is 1.30. The van der Waals surface area contributed by atoms with Gasteiger partial charge in [0.05, 0.1) is 5.56 Å². The van der Waals surface area contributed by atoms with Crippen molar-refractivity contribution in [2.75, 3.05) is 0 Å². The van der Waals surface area contributed by atoms with Gasteiger partial charge in [-0.3, -0.25) is 4.79 Å². The van der Waals surface area contributed by atoms with Gasteiger partial charge in [0.15, 0.2) is 0 Å². The summed E-state index contributed by atoms with van der Waals surface area (Å²) in [4.78, 5) is 26.0. The molecule has 0 atom stereocenters. The van der Waals surface area contributed by atoms with Crippen molar-refractivity contribution in [1.82, 2.24) is 5.48 Å². The predicted molar refractivity (Wildman–Crippen MR) is 45.7 cm³/mol. The Labute approximate surface area is 97.1 Å². The number of hydroxylamine groups is 1. The van der Waals surface area contributed by atoms with E-state index in [9.17, 15) is 9.59 Å². The summed E-state index contributed by atoms with van der Waals surface area (Å²) >= 11 is 0. The largest absolute Gasteiger partial charge is 0.362 e. The first-order chi connectivity index (χ1) is 6.20. The number of hydrogen-bond acceptors (Lipinski definition) is 3. The van der Waals surface area contributed by atoms with Gasteiger partial charge in [0.2, 0.25) is 5.91 Å². The Morgan fingerprint density at radius 2 is 1.79 bits per heavy atom. The van der Waals surface area contributed by atoms with Gasteiger partial charge >= 0.3 is 5.97 Å². The van der Waals surface area contributed by atoms with Crippen LogP contribution in [0.4, 0.5) is 0 Å². The number of rotatable bonds is 1. The van der Waals surface area contributed by atoms with Gasteiger partial charge in [0, 0.05) is 29.3 Å². The maximum absolute atomic E-state index is 11.1. The second-order valence-corrected chi connectivity index (χ2v) is 2.41. The van der Waals surface area contributed by atoms with E-state index in [1.165, 1.54) is 6.92 Å². The van der Waals surface area contributed by atoms with E-state index in [-0.39, 0.29) is 22.4 Å². The molecule has 0 fully saturated rings. The van der Waals surface area contributed by atoms with Crippen LogP contribution >= 0.6 is 0 Å². The molecule has 0 aliphatic rings. The van der Waals surface area contributed by atoms with Crippen molar-refractivity contribution >= 4 is 11.9 Å². The van der Waals surface area contributed by atoms with Gasteiger partial charge in [-0.2, -0.15) is 5.48 Å². The third-order valence-electron chi connectivity index (χ3n) is 1.30. The van der Waals surface area contributed by atoms with E-state index in [0.717, 1.165) is 0 Å². The Morgan fingerprint density at radius 1 is 1.21 bits per heavy atom. The van der Waals surface area contributed by atoms with Crippen molar-refractivity contribution in [1.29, 1.82) is 0 Å². The minimum Gasteiger partial charge on any atom is -0.335 e. The molecular weight excluding hydrogens is 278 g/mol. The Hall–Kier alpha value is -1.10. The quantitative estimate of drug-likeness (QED) is 0.616. The number of amides is 1. The summed E-state index contributed by atoms with van der Waals surface area (Å²) in [5.74, 6) is -0.986. The molecule has 0 unspecified atom stereocenters. The van der Waals surface area contributed by atoms with Crippen LogP contribution in [0.5, 0.6) is 0 Å². The fourth-order valence-electron chi connectivity index (χ4n) is 0.751. The van der Waals surface area contributed by atoms with Gasteiger partial charge in [-0.1, -0.05) is 18.2 Å². The molecule has 1 amide bonds. The van der Waals surface area contributed by atoms with E-state index >= 15 is 0 Å². The first-order valence-corrected chi connectivity index (χ1v) is 3.73. The Kier molecular flexibility index (Phi) is 5.87. The first-order valence-electron chi connectivity index (χ1n) is 3.73. The maximum atomic E-state index is 11.1. The van der Waals surface area contributed by atoms with Crippen molar-refractivity contribution in [3.8, 4) is 0 Å². The second-order valence-electron chi connectivity index (χ2n) is 2.41. The molecule has 1 N–H and O–H groups in total. The fourth-order valence-corrected chi connectivity index (χ4v) is 0.751. The van der Waals surface area contributed by atoms with Crippen LogP contribution in [0.25, 0.3) is 0 Å². The van der Waals surface area contributed by atoms with Crippen molar-refractivity contribution in [2.24, 2.45) is 0 Å². The molecule has 0 aliphatic carbocycles. The molecule has 5 heteroatoms. The molecule has 0 saturated carbocycles. The molecule has 14 heavy (non-hydrogen) atoms. The van der Waals surface area contributed by atoms with Gasteiger partial charge in [0.1, 0.15) is 0 Å². The molecule has 1 aromatic rings. The minimum absolute atomic E-state index is 0. The van der Waals surface area contributed by atoms with Crippen LogP contribution in [-0.4, -0.2) is 11.9 Å². The predicted octanol–water partition coefficient (Wildman–Crippen LogP) is 0.892. The first kappa shape index (κ1) is 12.9. The Balaban J connectivity index is 0.00000169. The summed E-state index contributed by atoms with van der Waals surface area (Å²) in [6.45, 7) is 1.26. The summed E-state index contributed by atoms with van der Waals surface area (Å²) < 4.78 is 0. The molecule has 0 saturated heterocycles. The second kappa shape index (κ2) is 6.37. The summed E-state index contributed by atoms with van der Waals surface area (Å²) in [5.41, 5.74) is 2.35. The molecule has 0 spiro atoms. The molecule has 0 aliphatic heterocycles. The van der Waals surface area contributed by atoms with Gasteiger partial charge in [0.25, 0.3) is 0 Å². The summed E-state index contributed by atoms with van der Waals surface area (Å²) in [6, 6.07) is 8.41. The standard InChI is InChI=1S/C9H9NO3.Ag/c1-7(11)10-13-9(12)8-5-3-2-4-6-8;/h2-6H,1H3,(H,10,11);. The number of carbonyl (C=O) groups excluding carboxylic acids is 2. The molecule has 1 radical (unpaired) electrons. The van der Waals surface area contributed by atoms with Crippen molar-refractivity contribution < 1.29 is 36.8 Å². The van der Waals surface area contributed by atoms with Crippen LogP contribution < -0.4 is 5.48 Å². The monoisotopic (exact) mass is 286 g/mol. The topological polar surface area (TPSA) is 55.4 Å². The number of hydrogen-bond donors (Lipinski definition) is 1. The molecule has 0 aromatic heterocycles. The van der Waals surface area contributed by atoms with Gasteiger partial charge in [-0.05, 0) is 12.1 Å². The average molecular weight is 287 g/mol. The zero-order valence-corrected chi connectivity index (χ0v) is 8.90. The normalized spacial score (nSPS) is 8.36. The van der Waals surface area contributed by atoms with Gasteiger partial charge in [-0.25, -0.2) is 4.79 Å². The molecule has 1 aromatic carbocycles. The minimum atomic E-state index is -0.573. The Morgan fingerprint density at radius 3 is 2.29 bits per heavy atom. The Bertz CT molecular complexity index is 313. The van der Waals surface area contributed by atoms with Crippen LogP contribution in [0.3, 0.4) is 0 Å². The van der Waals surface area contributed by atoms with Crippen LogP contribution in [0.1, 0.15) is 17.3 Å². The SMILES string of the molecule is CC(=O)NOC(=O)c1ccccc1.[Ag]. The molecule has 1 rings (SSSR count). The van der Waals surface area contributed by atoms with Crippen molar-refractivity contribution in [2.45, 2.75) is 6.92 Å². The van der Waals surface area contributed by atoms with E-state index in [0.29, 0.717) is 5.56 Å². The van der Waals surface area contributed by atoms with Gasteiger partial charge in [-0.15, -0.1) is 0 Å². The van der Waals surface area contributed by atoms with E-state index in [1.807, 2.05) is 5.48 Å². The molecule has 0 heterocycles. The van der Waals surface area contributed by atoms with E-state index in [1.54, 1.807) is 30.3 Å². The zero-order chi connectivity index (χ0) is 9.68. The molecular formula is C9H9AgNO3. The molecule has 79 valence electrons. The van der Waals surface area contributed by atoms with Crippen molar-refractivity contribution in [3.05, 3.63) is 35.9 Å². The van der Waals surface area contributed by atoms with Crippen molar-refractivity contribution in [3.63, 3.8) is 0 Å². The number of nitrogens with one attached hydrogen (secondary N) is 1. The molecule has 4 nitrogen and oxygen atoms in total. The number of carbonyl (C=O) groups is 2. The summed E-state index contributed by atoms with van der Waals surface area (Å²) in [5, 5.41) is 0. The van der Waals surface area contributed by atoms with Crippen LogP contribution in [0, 0.1) is 0 Å². The van der Waals surface area contributed by atoms with Crippen LogP contribution in [0.2, 0.25) is 0 Å². The summed E-state index contributed by atoms with van der Waals surface area (Å²) in [6.07, 6.45) is 0. The zero-order valence-electron chi connectivity index (χ0n) is 7.41. The van der Waals surface area contributed by atoms with E-state index in [4.69, 9.17) is 0 Å². The van der Waals surface area contributed by atoms with E-state index in [2.05, 4.69) is 4.84 Å². The fraction of sp³-hybridized carbons (Fsp3) is 0.111. The van der Waals surface area contributed by atoms with Crippen LogP contribution in [0.15, 0.2) is 30.3 Å². The smallest absolute Gasteiger partial charge is 0.335 e. The van der Waals surface area contributed by atoms with Gasteiger partial charge < -0.3 is 4.84 Å². The average Bonchev–Trinajstić information content (AvgIpc) is 2.15. The van der Waals surface area contributed by atoms with Crippen LogP contribution in [-0.2, 0) is 32.0 Å². The third kappa shape index (κ3) is 4.23. The summed E-state index contributed by atoms with van der Waals surface area (Å²) in [7, 11) is 0. The molecule has 0 bridgehead atoms. The maximum Gasteiger partial charge on any atom is 0.362 e. The van der Waals surface area contributed by atoms with E-state index < -0.39 is 11.9 Å². The number of benzene rings is 1.